The Morgan fingerprint density at radius 3 is 2.08 bits per heavy atom. The first-order valence-electron chi connectivity index (χ1n) is 8.73. The molecule has 0 fully saturated rings. The molecule has 1 aromatic rings. The van der Waals surface area contributed by atoms with Crippen molar-refractivity contribution in [2.24, 2.45) is 5.41 Å². The van der Waals surface area contributed by atoms with Gasteiger partial charge in [-0.2, -0.15) is 0 Å². The highest BCUT2D eigenvalue weighted by atomic mass is 16.6. The molecule has 0 aliphatic heterocycles. The lowest BCUT2D eigenvalue weighted by Crippen LogP contribution is -2.38. The topological polar surface area (TPSA) is 69.7 Å². The van der Waals surface area contributed by atoms with Crippen LogP contribution >= 0.6 is 0 Å². The van der Waals surface area contributed by atoms with Gasteiger partial charge in [0.2, 0.25) is 0 Å². The number of hydrogen-bond acceptors (Lipinski definition) is 5. The fourth-order valence-electron chi connectivity index (χ4n) is 2.33. The largest absolute Gasteiger partial charge is 0.487 e. The van der Waals surface area contributed by atoms with Crippen molar-refractivity contribution in [1.82, 2.24) is 0 Å². The normalized spacial score (nSPS) is 13.2. The molecule has 0 radical (unpaired) electrons. The molecule has 0 aliphatic rings. The monoisotopic (exact) mass is 348 g/mol. The molecular formula is C20H28O5. The van der Waals surface area contributed by atoms with E-state index in [9.17, 15) is 14.4 Å². The molecule has 0 saturated carbocycles. The third-order valence-corrected chi connectivity index (χ3v) is 4.46. The van der Waals surface area contributed by atoms with Crippen LogP contribution in [0.3, 0.4) is 0 Å². The second-order valence-electron chi connectivity index (χ2n) is 6.48. The number of hydrogen-bond donors (Lipinski definition) is 0. The second kappa shape index (κ2) is 9.35. The molecule has 0 aliphatic carbocycles. The third-order valence-electron chi connectivity index (χ3n) is 4.46. The molecule has 0 spiro atoms. The van der Waals surface area contributed by atoms with E-state index in [0.717, 1.165) is 12.8 Å². The fraction of sp³-hybridized carbons (Fsp3) is 0.550. The molecule has 1 atom stereocenters. The van der Waals surface area contributed by atoms with Gasteiger partial charge in [0.1, 0.15) is 17.0 Å². The van der Waals surface area contributed by atoms with Gasteiger partial charge in [-0.25, -0.2) is 0 Å². The Hall–Kier alpha value is -2.17. The van der Waals surface area contributed by atoms with Crippen LogP contribution in [0.2, 0.25) is 0 Å². The van der Waals surface area contributed by atoms with Gasteiger partial charge in [-0.15, -0.1) is 0 Å². The van der Waals surface area contributed by atoms with Crippen LogP contribution in [0.1, 0.15) is 60.3 Å². The van der Waals surface area contributed by atoms with Crippen LogP contribution in [0.25, 0.3) is 0 Å². The SMILES string of the molecule is CCC(CC)Oc1ccccc1OC(=O)[C@](C)(CCC(C)=O)C(C)=O. The molecule has 0 amide bonds. The molecule has 0 saturated heterocycles. The lowest BCUT2D eigenvalue weighted by Gasteiger charge is -2.25. The fourth-order valence-corrected chi connectivity index (χ4v) is 2.33. The minimum Gasteiger partial charge on any atom is -0.487 e. The van der Waals surface area contributed by atoms with Crippen LogP contribution in [0.5, 0.6) is 11.5 Å². The van der Waals surface area contributed by atoms with Crippen molar-refractivity contribution in [2.45, 2.75) is 66.4 Å². The van der Waals surface area contributed by atoms with Crippen molar-refractivity contribution in [3.8, 4) is 11.5 Å². The van der Waals surface area contributed by atoms with E-state index < -0.39 is 11.4 Å². The Morgan fingerprint density at radius 2 is 1.60 bits per heavy atom. The minimum atomic E-state index is -1.35. The first-order chi connectivity index (χ1) is 11.7. The van der Waals surface area contributed by atoms with Crippen LogP contribution in [0.4, 0.5) is 0 Å². The Bertz CT molecular complexity index is 618. The van der Waals surface area contributed by atoms with Crippen LogP contribution in [0.15, 0.2) is 24.3 Å². The number of benzene rings is 1. The average Bonchev–Trinajstić information content (AvgIpc) is 2.58. The number of rotatable bonds is 10. The van der Waals surface area contributed by atoms with Crippen molar-refractivity contribution >= 4 is 17.5 Å². The molecule has 0 unspecified atom stereocenters. The summed E-state index contributed by atoms with van der Waals surface area (Å²) in [6.45, 7) is 8.35. The van der Waals surface area contributed by atoms with Crippen LogP contribution in [-0.4, -0.2) is 23.6 Å². The van der Waals surface area contributed by atoms with E-state index in [4.69, 9.17) is 9.47 Å². The van der Waals surface area contributed by atoms with Crippen molar-refractivity contribution < 1.29 is 23.9 Å². The van der Waals surface area contributed by atoms with E-state index in [2.05, 4.69) is 0 Å². The molecule has 5 heteroatoms. The van der Waals surface area contributed by atoms with Gasteiger partial charge in [-0.05, 0) is 52.2 Å². The number of Topliss-reactive ketones (excluding diaryl/α,β-unsaturated/α-hetero) is 2. The van der Waals surface area contributed by atoms with Gasteiger partial charge in [-0.3, -0.25) is 9.59 Å². The van der Waals surface area contributed by atoms with Crippen molar-refractivity contribution in [2.75, 3.05) is 0 Å². The van der Waals surface area contributed by atoms with Crippen LogP contribution in [0, 0.1) is 5.41 Å². The lowest BCUT2D eigenvalue weighted by molar-refractivity contribution is -0.151. The Balaban J connectivity index is 3.01. The third kappa shape index (κ3) is 5.69. The first kappa shape index (κ1) is 20.9. The summed E-state index contributed by atoms with van der Waals surface area (Å²) < 4.78 is 11.4. The molecule has 5 nitrogen and oxygen atoms in total. The zero-order valence-corrected chi connectivity index (χ0v) is 15.8. The standard InChI is InChI=1S/C20H28O5/c1-6-16(7-2)24-17-10-8-9-11-18(17)25-19(23)20(5,15(4)22)13-12-14(3)21/h8-11,16H,6-7,12-13H2,1-5H3/t20-/m1/s1. The molecule has 0 bridgehead atoms. The molecule has 0 aromatic heterocycles. The summed E-state index contributed by atoms with van der Waals surface area (Å²) >= 11 is 0. The molecule has 1 aromatic carbocycles. The van der Waals surface area contributed by atoms with Gasteiger partial charge in [-0.1, -0.05) is 26.0 Å². The van der Waals surface area contributed by atoms with E-state index in [0.29, 0.717) is 5.75 Å². The van der Waals surface area contributed by atoms with E-state index in [1.165, 1.54) is 20.8 Å². The van der Waals surface area contributed by atoms with E-state index in [1.54, 1.807) is 24.3 Å². The molecule has 25 heavy (non-hydrogen) atoms. The molecule has 138 valence electrons. The molecular weight excluding hydrogens is 320 g/mol. The predicted molar refractivity (Wildman–Crippen MR) is 95.8 cm³/mol. The number of carbonyl (C=O) groups excluding carboxylic acids is 3. The second-order valence-corrected chi connectivity index (χ2v) is 6.48. The summed E-state index contributed by atoms with van der Waals surface area (Å²) in [6.07, 6.45) is 1.98. The lowest BCUT2D eigenvalue weighted by atomic mass is 9.81. The number of esters is 1. The van der Waals surface area contributed by atoms with Crippen molar-refractivity contribution in [1.29, 1.82) is 0 Å². The van der Waals surface area contributed by atoms with Gasteiger partial charge in [0, 0.05) is 6.42 Å². The molecule has 0 heterocycles. The summed E-state index contributed by atoms with van der Waals surface area (Å²) in [6, 6.07) is 6.92. The highest BCUT2D eigenvalue weighted by Crippen LogP contribution is 2.33. The Kier molecular flexibility index (Phi) is 7.81. The Morgan fingerprint density at radius 1 is 1.04 bits per heavy atom. The van der Waals surface area contributed by atoms with Crippen LogP contribution in [-0.2, 0) is 14.4 Å². The van der Waals surface area contributed by atoms with Gasteiger partial charge in [0.15, 0.2) is 11.5 Å². The zero-order valence-electron chi connectivity index (χ0n) is 15.8. The van der Waals surface area contributed by atoms with E-state index in [-0.39, 0.29) is 36.3 Å². The van der Waals surface area contributed by atoms with Crippen molar-refractivity contribution in [3.63, 3.8) is 0 Å². The summed E-state index contributed by atoms with van der Waals surface area (Å²) in [5.74, 6) is -0.298. The van der Waals surface area contributed by atoms with Crippen LogP contribution < -0.4 is 9.47 Å². The van der Waals surface area contributed by atoms with Gasteiger partial charge < -0.3 is 14.3 Å². The Labute approximate surface area is 149 Å². The average molecular weight is 348 g/mol. The van der Waals surface area contributed by atoms with Crippen molar-refractivity contribution in [3.05, 3.63) is 24.3 Å². The maximum atomic E-state index is 12.7. The zero-order chi connectivity index (χ0) is 19.0. The predicted octanol–water partition coefficient (Wildman–Crippen LogP) is 4.12. The van der Waals surface area contributed by atoms with Gasteiger partial charge in [0.25, 0.3) is 0 Å². The van der Waals surface area contributed by atoms with E-state index >= 15 is 0 Å². The summed E-state index contributed by atoms with van der Waals surface area (Å²) in [5, 5.41) is 0. The quantitative estimate of drug-likeness (QED) is 0.361. The number of ether oxygens (including phenoxy) is 2. The smallest absolute Gasteiger partial charge is 0.324 e. The maximum absolute atomic E-state index is 12.7. The summed E-state index contributed by atoms with van der Waals surface area (Å²) in [4.78, 5) is 35.9. The minimum absolute atomic E-state index is 0.0248. The summed E-state index contributed by atoms with van der Waals surface area (Å²) in [7, 11) is 0. The maximum Gasteiger partial charge on any atom is 0.324 e. The number of ketones is 2. The van der Waals surface area contributed by atoms with E-state index in [1.807, 2.05) is 13.8 Å². The molecule has 0 N–H and O–H groups in total. The molecule has 1 rings (SSSR count). The number of carbonyl (C=O) groups is 3. The summed E-state index contributed by atoms with van der Waals surface area (Å²) in [5.41, 5.74) is -1.35. The highest BCUT2D eigenvalue weighted by Gasteiger charge is 2.40. The highest BCUT2D eigenvalue weighted by molar-refractivity contribution is 6.03. The number of para-hydroxylation sites is 2. The van der Waals surface area contributed by atoms with Gasteiger partial charge in [0.05, 0.1) is 6.10 Å². The van der Waals surface area contributed by atoms with Gasteiger partial charge >= 0.3 is 5.97 Å². The first-order valence-corrected chi connectivity index (χ1v) is 8.73.